The summed E-state index contributed by atoms with van der Waals surface area (Å²) in [5.41, 5.74) is 1.43. The maximum atomic E-state index is 12.4. The largest absolute Gasteiger partial charge is 0.504 e. The molecule has 4 heteroatoms. The molecule has 0 aliphatic heterocycles. The zero-order valence-electron chi connectivity index (χ0n) is 11.2. The number of ketones is 1. The van der Waals surface area contributed by atoms with Gasteiger partial charge in [0.05, 0.1) is 6.04 Å². The fourth-order valence-electron chi connectivity index (χ4n) is 2.05. The number of aromatic hydroxyl groups is 2. The lowest BCUT2D eigenvalue weighted by Gasteiger charge is -2.15. The summed E-state index contributed by atoms with van der Waals surface area (Å²) in [5.74, 6) is -0.636. The number of carbonyl (C=O) groups excluding carboxylic acids is 1. The van der Waals surface area contributed by atoms with Crippen LogP contribution in [0, 0.1) is 0 Å². The molecule has 4 nitrogen and oxygen atoms in total. The molecule has 0 spiro atoms. The quantitative estimate of drug-likeness (QED) is 0.575. The van der Waals surface area contributed by atoms with Gasteiger partial charge >= 0.3 is 0 Å². The zero-order valence-corrected chi connectivity index (χ0v) is 11.2. The predicted molar refractivity (Wildman–Crippen MR) is 77.1 cm³/mol. The summed E-state index contributed by atoms with van der Waals surface area (Å²) in [6.45, 7) is 0. The van der Waals surface area contributed by atoms with Crippen molar-refractivity contribution < 1.29 is 15.0 Å². The van der Waals surface area contributed by atoms with E-state index < -0.39 is 0 Å². The lowest BCUT2D eigenvalue weighted by Crippen LogP contribution is -2.36. The van der Waals surface area contributed by atoms with E-state index >= 15 is 0 Å². The summed E-state index contributed by atoms with van der Waals surface area (Å²) in [6.07, 6.45) is 0.567. The number of hydrogen-bond donors (Lipinski definition) is 3. The Bertz CT molecular complexity index is 596. The highest BCUT2D eigenvalue weighted by molar-refractivity contribution is 6.00. The van der Waals surface area contributed by atoms with Crippen molar-refractivity contribution >= 4 is 5.78 Å². The molecule has 0 amide bonds. The summed E-state index contributed by atoms with van der Waals surface area (Å²) in [4.78, 5) is 12.4. The molecule has 0 fully saturated rings. The first kappa shape index (κ1) is 14.1. The number of likely N-dealkylation sites (N-methyl/N-ethyl adjacent to an activating group) is 1. The number of nitrogens with one attached hydrogen (secondary N) is 1. The van der Waals surface area contributed by atoms with Gasteiger partial charge in [0.15, 0.2) is 17.3 Å². The fraction of sp³-hybridized carbons (Fsp3) is 0.188. The normalized spacial score (nSPS) is 12.1. The van der Waals surface area contributed by atoms with Crippen molar-refractivity contribution in [3.8, 4) is 11.5 Å². The number of rotatable bonds is 5. The van der Waals surface area contributed by atoms with E-state index in [9.17, 15) is 15.0 Å². The Morgan fingerprint density at radius 3 is 2.40 bits per heavy atom. The van der Waals surface area contributed by atoms with Crippen molar-refractivity contribution in [2.75, 3.05) is 7.05 Å². The second kappa shape index (κ2) is 6.21. The molecular weight excluding hydrogens is 254 g/mol. The second-order valence-electron chi connectivity index (χ2n) is 4.60. The minimum atomic E-state index is -0.374. The highest BCUT2D eigenvalue weighted by Gasteiger charge is 2.19. The number of carbonyl (C=O) groups is 1. The molecule has 104 valence electrons. The molecule has 2 aromatic carbocycles. The Labute approximate surface area is 117 Å². The van der Waals surface area contributed by atoms with Gasteiger partial charge < -0.3 is 15.5 Å². The van der Waals surface area contributed by atoms with Crippen LogP contribution in [0.3, 0.4) is 0 Å². The van der Waals surface area contributed by atoms with Gasteiger partial charge in [0.2, 0.25) is 0 Å². The van der Waals surface area contributed by atoms with Crippen LogP contribution in [0.1, 0.15) is 15.9 Å². The average molecular weight is 271 g/mol. The number of phenols is 2. The van der Waals surface area contributed by atoms with E-state index in [1.165, 1.54) is 18.2 Å². The number of phenolic OH excluding ortho intramolecular Hbond substituents is 2. The summed E-state index contributed by atoms with van der Waals surface area (Å²) in [6, 6.07) is 13.5. The third kappa shape index (κ3) is 3.16. The lowest BCUT2D eigenvalue weighted by molar-refractivity contribution is 0.0946. The summed E-state index contributed by atoms with van der Waals surface area (Å²) < 4.78 is 0. The van der Waals surface area contributed by atoms with Crippen molar-refractivity contribution in [1.29, 1.82) is 0 Å². The van der Waals surface area contributed by atoms with Crippen LogP contribution in [0.25, 0.3) is 0 Å². The van der Waals surface area contributed by atoms with Crippen molar-refractivity contribution in [3.05, 3.63) is 59.7 Å². The Morgan fingerprint density at radius 2 is 1.80 bits per heavy atom. The molecule has 0 bridgehead atoms. The Kier molecular flexibility index (Phi) is 4.38. The molecule has 1 unspecified atom stereocenters. The maximum absolute atomic E-state index is 12.4. The van der Waals surface area contributed by atoms with Gasteiger partial charge in [-0.15, -0.1) is 0 Å². The van der Waals surface area contributed by atoms with Gasteiger partial charge in [0.25, 0.3) is 0 Å². The van der Waals surface area contributed by atoms with Crippen molar-refractivity contribution in [2.45, 2.75) is 12.5 Å². The highest BCUT2D eigenvalue weighted by Crippen LogP contribution is 2.25. The smallest absolute Gasteiger partial charge is 0.180 e. The van der Waals surface area contributed by atoms with E-state index in [1.807, 2.05) is 30.3 Å². The molecule has 2 rings (SSSR count). The lowest BCUT2D eigenvalue weighted by atomic mass is 9.97. The van der Waals surface area contributed by atoms with Gasteiger partial charge in [-0.05, 0) is 37.2 Å². The SMILES string of the molecule is CNC(Cc1ccccc1)C(=O)c1ccc(O)c(O)c1. The van der Waals surface area contributed by atoms with Crippen LogP contribution < -0.4 is 5.32 Å². The van der Waals surface area contributed by atoms with Gasteiger partial charge in [0.1, 0.15) is 0 Å². The van der Waals surface area contributed by atoms with E-state index in [-0.39, 0.29) is 23.3 Å². The minimum Gasteiger partial charge on any atom is -0.504 e. The van der Waals surface area contributed by atoms with E-state index in [1.54, 1.807) is 7.05 Å². The van der Waals surface area contributed by atoms with Gasteiger partial charge in [0, 0.05) is 5.56 Å². The van der Waals surface area contributed by atoms with E-state index in [4.69, 9.17) is 0 Å². The molecule has 20 heavy (non-hydrogen) atoms. The Hall–Kier alpha value is -2.33. The molecular formula is C16H17NO3. The molecule has 0 saturated heterocycles. The van der Waals surface area contributed by atoms with Crippen LogP contribution in [0.2, 0.25) is 0 Å². The summed E-state index contributed by atoms with van der Waals surface area (Å²) in [7, 11) is 1.73. The van der Waals surface area contributed by atoms with Crippen LogP contribution in [0.5, 0.6) is 11.5 Å². The molecule has 0 radical (unpaired) electrons. The topological polar surface area (TPSA) is 69.6 Å². The van der Waals surface area contributed by atoms with E-state index in [0.717, 1.165) is 5.56 Å². The fourth-order valence-corrected chi connectivity index (χ4v) is 2.05. The third-order valence-corrected chi connectivity index (χ3v) is 3.21. The Balaban J connectivity index is 2.18. The predicted octanol–water partition coefficient (Wildman–Crippen LogP) is 2.11. The Morgan fingerprint density at radius 1 is 1.10 bits per heavy atom. The molecule has 2 aromatic rings. The third-order valence-electron chi connectivity index (χ3n) is 3.21. The standard InChI is InChI=1S/C16H17NO3/c1-17-13(9-11-5-3-2-4-6-11)16(20)12-7-8-14(18)15(19)10-12/h2-8,10,13,17-19H,9H2,1H3. The first-order valence-corrected chi connectivity index (χ1v) is 6.39. The van der Waals surface area contributed by atoms with Crippen LogP contribution in [-0.4, -0.2) is 29.1 Å². The second-order valence-corrected chi connectivity index (χ2v) is 4.60. The first-order valence-electron chi connectivity index (χ1n) is 6.39. The number of hydrogen-bond acceptors (Lipinski definition) is 4. The maximum Gasteiger partial charge on any atom is 0.180 e. The van der Waals surface area contributed by atoms with Crippen molar-refractivity contribution in [2.24, 2.45) is 0 Å². The molecule has 0 aliphatic carbocycles. The zero-order chi connectivity index (χ0) is 14.5. The first-order chi connectivity index (χ1) is 9.61. The molecule has 3 N–H and O–H groups in total. The van der Waals surface area contributed by atoms with Crippen LogP contribution in [-0.2, 0) is 6.42 Å². The molecule has 0 aliphatic rings. The van der Waals surface area contributed by atoms with Crippen LogP contribution in [0.15, 0.2) is 48.5 Å². The summed E-state index contributed by atoms with van der Waals surface area (Å²) in [5, 5.41) is 21.7. The summed E-state index contributed by atoms with van der Waals surface area (Å²) >= 11 is 0. The van der Waals surface area contributed by atoms with Crippen molar-refractivity contribution in [3.63, 3.8) is 0 Å². The van der Waals surface area contributed by atoms with Gasteiger partial charge in [-0.1, -0.05) is 30.3 Å². The number of Topliss-reactive ketones (excluding diaryl/α,β-unsaturated/α-hetero) is 1. The highest BCUT2D eigenvalue weighted by atomic mass is 16.3. The van der Waals surface area contributed by atoms with Crippen LogP contribution in [0.4, 0.5) is 0 Å². The van der Waals surface area contributed by atoms with Gasteiger partial charge in [-0.25, -0.2) is 0 Å². The average Bonchev–Trinajstić information content (AvgIpc) is 2.48. The number of benzene rings is 2. The molecule has 0 heterocycles. The van der Waals surface area contributed by atoms with Gasteiger partial charge in [-0.2, -0.15) is 0 Å². The van der Waals surface area contributed by atoms with Crippen molar-refractivity contribution in [1.82, 2.24) is 5.32 Å². The van der Waals surface area contributed by atoms with Gasteiger partial charge in [-0.3, -0.25) is 4.79 Å². The van der Waals surface area contributed by atoms with Crippen LogP contribution >= 0.6 is 0 Å². The molecule has 0 aromatic heterocycles. The monoisotopic (exact) mass is 271 g/mol. The van der Waals surface area contributed by atoms with E-state index in [2.05, 4.69) is 5.32 Å². The van der Waals surface area contributed by atoms with E-state index in [0.29, 0.717) is 12.0 Å². The minimum absolute atomic E-state index is 0.119. The molecule has 1 atom stereocenters. The molecule has 0 saturated carbocycles.